The highest BCUT2D eigenvalue weighted by atomic mass is 32.2. The van der Waals surface area contributed by atoms with E-state index < -0.39 is 10.8 Å². The minimum atomic E-state index is -1.33. The molecule has 0 bridgehead atoms. The number of ether oxygens (including phenoxy) is 3. The molecule has 2 heterocycles. The van der Waals surface area contributed by atoms with E-state index in [0.717, 1.165) is 84.3 Å². The summed E-state index contributed by atoms with van der Waals surface area (Å²) in [5, 5.41) is 0.430. The fourth-order valence-corrected chi connectivity index (χ4v) is 5.68. The first kappa shape index (κ1) is 39.9. The molecule has 0 saturated carbocycles. The molecule has 9 heteroatoms. The van der Waals surface area contributed by atoms with Crippen molar-refractivity contribution in [2.45, 2.75) is 90.0 Å². The molecule has 3 rings (SSSR count). The highest BCUT2D eigenvalue weighted by Crippen LogP contribution is 2.26. The third kappa shape index (κ3) is 15.1. The quantitative estimate of drug-likeness (QED) is 0.0767. The maximum absolute atomic E-state index is 12.7. The Morgan fingerprint density at radius 2 is 1.50 bits per heavy atom. The van der Waals surface area contributed by atoms with Gasteiger partial charge in [0.1, 0.15) is 11.5 Å². The van der Waals surface area contributed by atoms with Gasteiger partial charge < -0.3 is 19.2 Å². The highest BCUT2D eigenvalue weighted by molar-refractivity contribution is 7.84. The molecule has 0 aliphatic rings. The van der Waals surface area contributed by atoms with Crippen molar-refractivity contribution >= 4 is 27.8 Å². The van der Waals surface area contributed by atoms with Crippen molar-refractivity contribution in [3.63, 3.8) is 0 Å². The number of H-pyrrole nitrogens is 1. The van der Waals surface area contributed by atoms with E-state index in [4.69, 9.17) is 14.2 Å². The Hall–Kier alpha value is -4.24. The van der Waals surface area contributed by atoms with Crippen LogP contribution in [0.1, 0.15) is 82.0 Å². The lowest BCUT2D eigenvalue weighted by Gasteiger charge is -2.11. The molecule has 1 N–H and O–H groups in total. The average Bonchev–Trinajstić information content (AvgIpc) is 3.52. The molecule has 260 valence electrons. The minimum Gasteiger partial charge on any atom is -0.497 e. The normalized spacial score (nSPS) is 12.5. The molecule has 0 saturated heterocycles. The number of carbonyl (C=O) groups is 1. The average molecular weight is 676 g/mol. The van der Waals surface area contributed by atoms with E-state index in [-0.39, 0.29) is 11.7 Å². The van der Waals surface area contributed by atoms with Gasteiger partial charge in [-0.2, -0.15) is 0 Å². The number of benzene rings is 1. The van der Waals surface area contributed by atoms with Gasteiger partial charge in [0.15, 0.2) is 5.16 Å². The van der Waals surface area contributed by atoms with Gasteiger partial charge in [0.25, 0.3) is 0 Å². The van der Waals surface area contributed by atoms with Crippen molar-refractivity contribution < 1.29 is 23.2 Å². The fourth-order valence-electron chi connectivity index (χ4n) is 4.58. The van der Waals surface area contributed by atoms with Crippen LogP contribution in [0.25, 0.3) is 11.0 Å². The number of unbranched alkanes of at least 4 members (excludes halogenated alkanes) is 1. The number of aryl methyl sites for hydroxylation is 1. The number of fused-ring (bicyclic) bond motifs is 1. The summed E-state index contributed by atoms with van der Waals surface area (Å²) >= 11 is 0. The summed E-state index contributed by atoms with van der Waals surface area (Å²) in [7, 11) is 1.91. The molecule has 0 aliphatic heterocycles. The Balaban J connectivity index is 0.000000333. The van der Waals surface area contributed by atoms with Crippen molar-refractivity contribution in [1.29, 1.82) is 0 Å². The molecule has 0 aliphatic carbocycles. The molecule has 1 atom stereocenters. The number of nitrogens with one attached hydrogen (secondary N) is 1. The smallest absolute Gasteiger partial charge is 0.305 e. The van der Waals surface area contributed by atoms with Crippen LogP contribution in [0.3, 0.4) is 0 Å². The van der Waals surface area contributed by atoms with E-state index in [1.54, 1.807) is 20.4 Å². The molecule has 8 nitrogen and oxygen atoms in total. The van der Waals surface area contributed by atoms with Gasteiger partial charge in [-0.25, -0.2) is 4.98 Å². The highest BCUT2D eigenvalue weighted by Gasteiger charge is 2.16. The first-order chi connectivity index (χ1) is 23.3. The zero-order valence-electron chi connectivity index (χ0n) is 29.5. The minimum absolute atomic E-state index is 0.0927. The zero-order valence-corrected chi connectivity index (χ0v) is 30.3. The molecule has 0 unspecified atom stereocenters. The number of pyridine rings is 1. The summed E-state index contributed by atoms with van der Waals surface area (Å²) in [6.07, 6.45) is 31.0. The van der Waals surface area contributed by atoms with Crippen LogP contribution in [0.2, 0.25) is 0 Å². The number of carbonyl (C=O) groups excluding carboxylic acids is 1. The molecule has 0 amide bonds. The second-order valence-corrected chi connectivity index (χ2v) is 12.2. The summed E-state index contributed by atoms with van der Waals surface area (Å²) in [4.78, 5) is 23.0. The van der Waals surface area contributed by atoms with Crippen LogP contribution in [0.4, 0.5) is 0 Å². The van der Waals surface area contributed by atoms with Crippen molar-refractivity contribution in [2.75, 3.05) is 20.8 Å². The summed E-state index contributed by atoms with van der Waals surface area (Å²) in [6, 6.07) is 5.50. The summed E-state index contributed by atoms with van der Waals surface area (Å²) in [6.45, 7) is 8.32. The lowest BCUT2D eigenvalue weighted by molar-refractivity contribution is -0.143. The molecule has 0 radical (unpaired) electrons. The van der Waals surface area contributed by atoms with Crippen LogP contribution in [0.5, 0.6) is 11.5 Å². The Kier molecular flexibility index (Phi) is 20.0. The number of imidazole rings is 1. The molecule has 1 aromatic carbocycles. The lowest BCUT2D eigenvalue weighted by Crippen LogP contribution is -2.05. The SMILES string of the molecule is CC/C=C\C/C=C\C/C=C\C/C=C\C/C=C\CCCC(=O)OCC.COc1ccc2nc([S@@](=O)Cc3ncc(C)c(OC)c3C)[nH]c2c1. The Bertz CT molecular complexity index is 1570. The van der Waals surface area contributed by atoms with Crippen molar-refractivity contribution in [3.8, 4) is 11.5 Å². The van der Waals surface area contributed by atoms with Crippen LogP contribution < -0.4 is 9.47 Å². The summed E-state index contributed by atoms with van der Waals surface area (Å²) in [5.41, 5.74) is 4.16. The predicted octanol–water partition coefficient (Wildman–Crippen LogP) is 9.37. The first-order valence-electron chi connectivity index (χ1n) is 16.7. The largest absolute Gasteiger partial charge is 0.497 e. The Morgan fingerprint density at radius 1 is 0.875 bits per heavy atom. The predicted molar refractivity (Wildman–Crippen MR) is 198 cm³/mol. The van der Waals surface area contributed by atoms with Crippen LogP contribution in [0, 0.1) is 13.8 Å². The molecular formula is C39H53N3O5S. The third-order valence-corrected chi connectivity index (χ3v) is 8.28. The standard InChI is InChI=1S/C22H34O2.C17H19N3O3S/c1-3-5-6-7-8-9-10-11-12-13-14-15-16-17-18-19-20-21-22(23)24-4-2;1-10-8-18-15(11(2)16(10)23-4)9-24(21)17-19-13-6-5-12(22-3)7-14(13)20-17/h5-6,8-9,11-12,14-15,17-18H,3-4,7,10,13,16,19-21H2,1-2H3;5-8H,9H2,1-4H3,(H,19,20)/b6-5-,9-8-,12-11-,15-14-,18-17-;/t;24-/m.0/s1. The van der Waals surface area contributed by atoms with Gasteiger partial charge in [0.05, 0.1) is 54.1 Å². The number of allylic oxidation sites excluding steroid dienone is 10. The van der Waals surface area contributed by atoms with Gasteiger partial charge in [-0.15, -0.1) is 0 Å². The molecule has 2 aromatic heterocycles. The van der Waals surface area contributed by atoms with E-state index in [1.807, 2.05) is 39.0 Å². The zero-order chi connectivity index (χ0) is 35.0. The van der Waals surface area contributed by atoms with Crippen molar-refractivity contribution in [3.05, 3.63) is 102 Å². The molecule has 0 spiro atoms. The second kappa shape index (κ2) is 24.0. The fraction of sp³-hybridized carbons (Fsp3) is 0.410. The van der Waals surface area contributed by atoms with Gasteiger partial charge in [0, 0.05) is 29.8 Å². The van der Waals surface area contributed by atoms with Crippen LogP contribution in [-0.2, 0) is 26.1 Å². The van der Waals surface area contributed by atoms with E-state index in [2.05, 4.69) is 82.6 Å². The van der Waals surface area contributed by atoms with Gasteiger partial charge in [-0.05, 0) is 77.8 Å². The van der Waals surface area contributed by atoms with E-state index in [0.29, 0.717) is 18.2 Å². The van der Waals surface area contributed by atoms with Gasteiger partial charge >= 0.3 is 5.97 Å². The second-order valence-electron chi connectivity index (χ2n) is 10.9. The van der Waals surface area contributed by atoms with E-state index in [9.17, 15) is 9.00 Å². The monoisotopic (exact) mass is 675 g/mol. The van der Waals surface area contributed by atoms with Crippen LogP contribution in [0.15, 0.2) is 90.3 Å². The topological polar surface area (TPSA) is 103 Å². The summed E-state index contributed by atoms with van der Waals surface area (Å²) in [5.74, 6) is 1.69. The van der Waals surface area contributed by atoms with E-state index in [1.165, 1.54) is 0 Å². The molecule has 3 aromatic rings. The number of aromatic nitrogens is 3. The van der Waals surface area contributed by atoms with Crippen LogP contribution in [-0.4, -0.2) is 46.0 Å². The molecular weight excluding hydrogens is 623 g/mol. The van der Waals surface area contributed by atoms with Crippen molar-refractivity contribution in [1.82, 2.24) is 15.0 Å². The maximum atomic E-state index is 12.7. The van der Waals surface area contributed by atoms with Gasteiger partial charge in [0.2, 0.25) is 0 Å². The lowest BCUT2D eigenvalue weighted by atomic mass is 10.1. The number of hydrogen-bond donors (Lipinski definition) is 1. The molecule has 48 heavy (non-hydrogen) atoms. The Morgan fingerprint density at radius 3 is 2.08 bits per heavy atom. The number of nitrogens with zero attached hydrogens (tertiary/aromatic N) is 2. The van der Waals surface area contributed by atoms with E-state index >= 15 is 0 Å². The number of rotatable bonds is 19. The van der Waals surface area contributed by atoms with Crippen molar-refractivity contribution in [2.24, 2.45) is 0 Å². The van der Waals surface area contributed by atoms with Gasteiger partial charge in [-0.1, -0.05) is 67.7 Å². The Labute approximate surface area is 289 Å². The van der Waals surface area contributed by atoms with Gasteiger partial charge in [-0.3, -0.25) is 14.0 Å². The first-order valence-corrected chi connectivity index (χ1v) is 18.0. The number of aromatic amines is 1. The third-order valence-electron chi connectivity index (χ3n) is 7.12. The number of methoxy groups -OCH3 is 2. The molecule has 0 fully saturated rings. The number of esters is 1. The maximum Gasteiger partial charge on any atom is 0.305 e. The summed E-state index contributed by atoms with van der Waals surface area (Å²) < 4.78 is 28.2. The number of hydrogen-bond acceptors (Lipinski definition) is 7. The van der Waals surface area contributed by atoms with Crippen LogP contribution >= 0.6 is 0 Å².